The van der Waals surface area contributed by atoms with E-state index in [4.69, 9.17) is 12.2 Å². The fourth-order valence-corrected chi connectivity index (χ4v) is 7.94. The van der Waals surface area contributed by atoms with Gasteiger partial charge >= 0.3 is 0 Å². The number of para-hydroxylation sites is 1. The minimum Gasteiger partial charge on any atom is -0.324 e. The molecule has 34 heavy (non-hydrogen) atoms. The summed E-state index contributed by atoms with van der Waals surface area (Å²) in [5.41, 5.74) is 2.12. The Morgan fingerprint density at radius 2 is 1.79 bits per heavy atom. The number of nitrogens with zero attached hydrogens (tertiary/aromatic N) is 3. The van der Waals surface area contributed by atoms with E-state index in [1.54, 1.807) is 11.1 Å². The Hall–Kier alpha value is -3.07. The van der Waals surface area contributed by atoms with Crippen molar-refractivity contribution in [1.82, 2.24) is 14.8 Å². The summed E-state index contributed by atoms with van der Waals surface area (Å²) >= 11 is 7.17. The van der Waals surface area contributed by atoms with Crippen LogP contribution in [0.15, 0.2) is 79.0 Å². The topological polar surface area (TPSA) is 65.5 Å². The maximum Gasteiger partial charge on any atom is 0.251 e. The summed E-state index contributed by atoms with van der Waals surface area (Å²) in [6.07, 6.45) is 1.74. The summed E-state index contributed by atoms with van der Waals surface area (Å²) in [7, 11) is 1.92. The molecule has 0 radical (unpaired) electrons. The van der Waals surface area contributed by atoms with Gasteiger partial charge in [0.05, 0.1) is 6.54 Å². The summed E-state index contributed by atoms with van der Waals surface area (Å²) in [6, 6.07) is 23.2. The summed E-state index contributed by atoms with van der Waals surface area (Å²) in [6.45, 7) is 0.866. The molecule has 0 saturated carbocycles. The minimum absolute atomic E-state index is 0.141. The number of carbonyl (C=O) groups is 2. The van der Waals surface area contributed by atoms with E-state index >= 15 is 0 Å². The highest BCUT2D eigenvalue weighted by molar-refractivity contribution is 8.25. The number of amides is 2. The van der Waals surface area contributed by atoms with E-state index in [1.807, 2.05) is 84.7 Å². The van der Waals surface area contributed by atoms with Crippen LogP contribution >= 0.6 is 24.0 Å². The van der Waals surface area contributed by atoms with Crippen LogP contribution in [0.5, 0.6) is 0 Å². The smallest absolute Gasteiger partial charge is 0.251 e. The normalized spacial score (nSPS) is 28.2. The Bertz CT molecular complexity index is 1320. The highest BCUT2D eigenvalue weighted by atomic mass is 32.2. The van der Waals surface area contributed by atoms with Crippen LogP contribution in [0.1, 0.15) is 22.7 Å². The lowest BCUT2D eigenvalue weighted by molar-refractivity contribution is -0.138. The fourth-order valence-electron chi connectivity index (χ4n) is 5.82. The molecule has 0 bridgehead atoms. The third-order valence-electron chi connectivity index (χ3n) is 7.21. The largest absolute Gasteiger partial charge is 0.324 e. The van der Waals surface area contributed by atoms with E-state index < -0.39 is 10.3 Å². The number of pyridine rings is 1. The number of likely N-dealkylation sites (tertiary alicyclic amines) is 1. The second-order valence-electron chi connectivity index (χ2n) is 8.88. The number of benzene rings is 2. The second-order valence-corrected chi connectivity index (χ2v) is 10.8. The molecule has 170 valence electrons. The third kappa shape index (κ3) is 2.67. The Labute approximate surface area is 207 Å². The lowest BCUT2D eigenvalue weighted by Crippen LogP contribution is -2.61. The number of rotatable bonds is 3. The van der Waals surface area contributed by atoms with Gasteiger partial charge < -0.3 is 5.32 Å². The molecular weight excluding hydrogens is 464 g/mol. The van der Waals surface area contributed by atoms with Gasteiger partial charge in [-0.2, -0.15) is 0 Å². The average Bonchev–Trinajstić information content (AvgIpc) is 3.40. The van der Waals surface area contributed by atoms with E-state index in [0.29, 0.717) is 17.4 Å². The van der Waals surface area contributed by atoms with Crippen molar-refractivity contribution in [2.75, 3.05) is 18.9 Å². The van der Waals surface area contributed by atoms with Crippen molar-refractivity contribution in [2.24, 2.45) is 0 Å². The van der Waals surface area contributed by atoms with Gasteiger partial charge in [-0.15, -0.1) is 0 Å². The van der Waals surface area contributed by atoms with E-state index in [-0.39, 0.29) is 17.7 Å². The van der Waals surface area contributed by atoms with Crippen LogP contribution in [0.25, 0.3) is 0 Å². The number of carbonyl (C=O) groups excluding carboxylic acids is 2. The Balaban J connectivity index is 1.57. The zero-order chi connectivity index (χ0) is 23.5. The van der Waals surface area contributed by atoms with E-state index in [9.17, 15) is 9.59 Å². The molecule has 3 aliphatic heterocycles. The Morgan fingerprint density at radius 1 is 1.06 bits per heavy atom. The molecule has 8 heteroatoms. The zero-order valence-corrected chi connectivity index (χ0v) is 20.1. The SMILES string of the molecule is CN1C[C@@H](c2ccccn2)[C@]2(SC(=S)N(Cc3ccccc3)C2=O)[C@@]12C(=O)Nc1ccccc12. The molecule has 2 amide bonds. The molecule has 2 aromatic carbocycles. The number of fused-ring (bicyclic) bond motifs is 3. The molecule has 0 unspecified atom stereocenters. The van der Waals surface area contributed by atoms with Crippen LogP contribution in [0, 0.1) is 0 Å². The molecule has 3 aromatic rings. The van der Waals surface area contributed by atoms with Crippen molar-refractivity contribution in [3.05, 3.63) is 95.8 Å². The van der Waals surface area contributed by atoms with Gasteiger partial charge in [-0.1, -0.05) is 78.6 Å². The van der Waals surface area contributed by atoms with Crippen molar-refractivity contribution < 1.29 is 9.59 Å². The molecule has 3 aliphatic rings. The first-order chi connectivity index (χ1) is 16.5. The predicted molar refractivity (Wildman–Crippen MR) is 136 cm³/mol. The number of aromatic nitrogens is 1. The number of thiocarbonyl (C=S) groups is 1. The standard InChI is InChI=1S/C26H22N4O2S2/c1-29-16-19(20-12-7-8-14-27-20)26(25(29)18-11-5-6-13-21(18)28-22(25)31)23(32)30(24(33)34-26)15-17-9-3-2-4-10-17/h2-14,19H,15-16H2,1H3,(H,28,31)/t19-,25+,26+/m0/s1. The molecule has 3 atom stereocenters. The Kier molecular flexibility index (Phi) is 4.88. The fraction of sp³-hybridized carbons (Fsp3) is 0.231. The van der Waals surface area contributed by atoms with Crippen molar-refractivity contribution in [3.63, 3.8) is 0 Å². The van der Waals surface area contributed by atoms with Gasteiger partial charge in [0.2, 0.25) is 5.91 Å². The van der Waals surface area contributed by atoms with Gasteiger partial charge in [0.15, 0.2) is 5.54 Å². The molecule has 2 saturated heterocycles. The number of thioether (sulfide) groups is 1. The lowest BCUT2D eigenvalue weighted by atomic mass is 9.73. The maximum absolute atomic E-state index is 14.6. The molecule has 2 fully saturated rings. The van der Waals surface area contributed by atoms with Crippen LogP contribution < -0.4 is 5.32 Å². The molecule has 1 N–H and O–H groups in total. The van der Waals surface area contributed by atoms with Gasteiger partial charge in [0.1, 0.15) is 9.07 Å². The first-order valence-corrected chi connectivity index (χ1v) is 12.3. The first-order valence-electron chi connectivity index (χ1n) is 11.1. The highest BCUT2D eigenvalue weighted by Crippen LogP contribution is 2.65. The van der Waals surface area contributed by atoms with Gasteiger partial charge in [-0.25, -0.2) is 0 Å². The van der Waals surface area contributed by atoms with Gasteiger partial charge in [-0.05, 0) is 30.8 Å². The third-order valence-corrected chi connectivity index (χ3v) is 9.15. The quantitative estimate of drug-likeness (QED) is 0.569. The van der Waals surface area contributed by atoms with E-state index in [0.717, 1.165) is 22.5 Å². The van der Waals surface area contributed by atoms with Crippen molar-refractivity contribution in [1.29, 1.82) is 0 Å². The maximum atomic E-state index is 14.6. The van der Waals surface area contributed by atoms with Crippen LogP contribution in [0.3, 0.4) is 0 Å². The molecule has 2 spiro atoms. The van der Waals surface area contributed by atoms with Gasteiger partial charge in [0, 0.05) is 35.6 Å². The van der Waals surface area contributed by atoms with Crippen LogP contribution in [0.2, 0.25) is 0 Å². The lowest BCUT2D eigenvalue weighted by Gasteiger charge is -2.41. The number of likely N-dealkylation sites (N-methyl/N-ethyl adjacent to an activating group) is 1. The summed E-state index contributed by atoms with van der Waals surface area (Å²) in [4.78, 5) is 36.8. The van der Waals surface area contributed by atoms with Crippen LogP contribution in [0.4, 0.5) is 5.69 Å². The summed E-state index contributed by atoms with van der Waals surface area (Å²) in [5, 5.41) is 3.06. The predicted octanol–water partition coefficient (Wildman–Crippen LogP) is 3.76. The van der Waals surface area contributed by atoms with Gasteiger partial charge in [0.25, 0.3) is 5.91 Å². The van der Waals surface area contributed by atoms with Crippen LogP contribution in [-0.2, 0) is 21.7 Å². The van der Waals surface area contributed by atoms with E-state index in [1.165, 1.54) is 11.8 Å². The molecule has 0 aliphatic carbocycles. The average molecular weight is 487 g/mol. The van der Waals surface area contributed by atoms with Crippen molar-refractivity contribution >= 4 is 45.8 Å². The Morgan fingerprint density at radius 3 is 2.56 bits per heavy atom. The van der Waals surface area contributed by atoms with E-state index in [2.05, 4.69) is 10.3 Å². The monoisotopic (exact) mass is 486 g/mol. The van der Waals surface area contributed by atoms with Crippen molar-refractivity contribution in [3.8, 4) is 0 Å². The summed E-state index contributed by atoms with van der Waals surface area (Å²) in [5.74, 6) is -0.662. The highest BCUT2D eigenvalue weighted by Gasteiger charge is 2.77. The zero-order valence-electron chi connectivity index (χ0n) is 18.5. The molecule has 1 aromatic heterocycles. The number of hydrogen-bond donors (Lipinski definition) is 1. The minimum atomic E-state index is -1.21. The van der Waals surface area contributed by atoms with Crippen molar-refractivity contribution in [2.45, 2.75) is 22.7 Å². The first kappa shape index (κ1) is 21.5. The number of nitrogens with one attached hydrogen (secondary N) is 1. The second kappa shape index (κ2) is 7.73. The molecular formula is C26H22N4O2S2. The van der Waals surface area contributed by atoms with Crippen LogP contribution in [-0.4, -0.2) is 49.3 Å². The number of hydrogen-bond acceptors (Lipinski definition) is 6. The molecule has 4 heterocycles. The molecule has 6 rings (SSSR count). The van der Waals surface area contributed by atoms with Gasteiger partial charge in [-0.3, -0.25) is 24.4 Å². The number of anilines is 1. The molecule has 6 nitrogen and oxygen atoms in total. The summed E-state index contributed by atoms with van der Waals surface area (Å²) < 4.78 is -0.694.